The molecule has 0 saturated carbocycles. The van der Waals surface area contributed by atoms with Gasteiger partial charge in [0.15, 0.2) is 7.14 Å². The number of halogens is 5. The van der Waals surface area contributed by atoms with Gasteiger partial charge in [-0.25, -0.2) is 0 Å². The van der Waals surface area contributed by atoms with Crippen molar-refractivity contribution in [3.05, 3.63) is 64.8 Å². The SMILES string of the molecule is Cc1cc(C)c([I+]c2c(C)cc(C)cc2C)c(C)c1.F[B-](F)(F)F. The van der Waals surface area contributed by atoms with Crippen molar-refractivity contribution in [3.63, 3.8) is 0 Å². The summed E-state index contributed by atoms with van der Waals surface area (Å²) in [4.78, 5) is 0. The molecule has 2 aromatic rings. The van der Waals surface area contributed by atoms with E-state index in [0.29, 0.717) is 0 Å². The second-order valence-corrected chi connectivity index (χ2v) is 8.71. The van der Waals surface area contributed by atoms with Gasteiger partial charge >= 0.3 is 28.5 Å². The molecule has 132 valence electrons. The van der Waals surface area contributed by atoms with Crippen molar-refractivity contribution >= 4 is 7.25 Å². The topological polar surface area (TPSA) is 0 Å². The first-order chi connectivity index (χ1) is 10.9. The number of rotatable bonds is 2. The molecule has 0 radical (unpaired) electrons. The number of hydrogen-bond donors (Lipinski definition) is 0. The maximum atomic E-state index is 9.75. The lowest BCUT2D eigenvalue weighted by Crippen LogP contribution is -3.62. The minimum atomic E-state index is -6.00. The monoisotopic (exact) mass is 452 g/mol. The zero-order valence-electron chi connectivity index (χ0n) is 14.8. The molecule has 6 heteroatoms. The average Bonchev–Trinajstić information content (AvgIpc) is 2.33. The summed E-state index contributed by atoms with van der Waals surface area (Å²) in [5.74, 6) is 0. The Morgan fingerprint density at radius 2 is 0.792 bits per heavy atom. The molecule has 0 aromatic heterocycles. The quantitative estimate of drug-likeness (QED) is 0.374. The molecule has 0 spiro atoms. The van der Waals surface area contributed by atoms with Crippen LogP contribution in [0.2, 0.25) is 0 Å². The molecule has 0 amide bonds. The van der Waals surface area contributed by atoms with Crippen LogP contribution in [0, 0.1) is 48.7 Å². The first-order valence-corrected chi connectivity index (χ1v) is 9.72. The summed E-state index contributed by atoms with van der Waals surface area (Å²) in [6, 6.07) is 9.28. The molecule has 0 aliphatic carbocycles. The summed E-state index contributed by atoms with van der Waals surface area (Å²) in [5.41, 5.74) is 8.60. The molecule has 0 unspecified atom stereocenters. The predicted octanol–water partition coefficient (Wildman–Crippen LogP) is 2.97. The Bertz CT molecular complexity index is 616. The minimum Gasteiger partial charge on any atom is -0.418 e. The third-order valence-electron chi connectivity index (χ3n) is 3.35. The molecule has 2 aromatic carbocycles. The van der Waals surface area contributed by atoms with Gasteiger partial charge in [0.2, 0.25) is 0 Å². The third-order valence-corrected chi connectivity index (χ3v) is 7.83. The van der Waals surface area contributed by atoms with Crippen molar-refractivity contribution in [1.82, 2.24) is 0 Å². The Morgan fingerprint density at radius 1 is 0.583 bits per heavy atom. The highest BCUT2D eigenvalue weighted by molar-refractivity contribution is 6.50. The van der Waals surface area contributed by atoms with Crippen LogP contribution in [0.4, 0.5) is 17.3 Å². The normalized spacial score (nSPS) is 11.1. The van der Waals surface area contributed by atoms with Crippen molar-refractivity contribution in [1.29, 1.82) is 0 Å². The van der Waals surface area contributed by atoms with Crippen molar-refractivity contribution < 1.29 is 38.5 Å². The number of aryl methyl sites for hydroxylation is 6. The molecule has 0 N–H and O–H groups in total. The molecule has 24 heavy (non-hydrogen) atoms. The molecule has 0 fully saturated rings. The molecular formula is C18H22BF4I. The maximum absolute atomic E-state index is 9.75. The second-order valence-electron chi connectivity index (χ2n) is 6.01. The lowest BCUT2D eigenvalue weighted by Gasteiger charge is -2.04. The van der Waals surface area contributed by atoms with Crippen LogP contribution in [0.3, 0.4) is 0 Å². The van der Waals surface area contributed by atoms with E-state index in [1.807, 2.05) is 0 Å². The molecule has 0 heterocycles. The molecule has 0 aliphatic rings. The highest BCUT2D eigenvalue weighted by Gasteiger charge is 2.25. The van der Waals surface area contributed by atoms with Gasteiger partial charge in [-0.05, 0) is 41.5 Å². The van der Waals surface area contributed by atoms with E-state index in [1.54, 1.807) is 7.14 Å². The first-order valence-electron chi connectivity index (χ1n) is 7.56. The Hall–Kier alpha value is -1.05. The van der Waals surface area contributed by atoms with Gasteiger partial charge in [0.1, 0.15) is 0 Å². The zero-order valence-corrected chi connectivity index (χ0v) is 16.9. The Labute approximate surface area is 152 Å². The van der Waals surface area contributed by atoms with Gasteiger partial charge in [-0.3, -0.25) is 0 Å². The molecule has 0 atom stereocenters. The van der Waals surface area contributed by atoms with E-state index in [0.717, 1.165) is 0 Å². The van der Waals surface area contributed by atoms with Gasteiger partial charge in [0.25, 0.3) is 0 Å². The van der Waals surface area contributed by atoms with Gasteiger partial charge in [0, 0.05) is 22.3 Å². The number of hydrogen-bond acceptors (Lipinski definition) is 0. The summed E-state index contributed by atoms with van der Waals surface area (Å²) < 4.78 is 42.2. The van der Waals surface area contributed by atoms with E-state index in [2.05, 4.69) is 65.8 Å². The van der Waals surface area contributed by atoms with Crippen molar-refractivity contribution in [2.75, 3.05) is 0 Å². The van der Waals surface area contributed by atoms with Crippen LogP contribution in [0.1, 0.15) is 33.4 Å². The van der Waals surface area contributed by atoms with E-state index in [9.17, 15) is 17.3 Å². The fraction of sp³-hybridized carbons (Fsp3) is 0.333. The summed E-state index contributed by atoms with van der Waals surface area (Å²) in [5, 5.41) is 0. The molecule has 2 rings (SSSR count). The van der Waals surface area contributed by atoms with Crippen molar-refractivity contribution in [2.24, 2.45) is 0 Å². The van der Waals surface area contributed by atoms with Crippen LogP contribution in [0.5, 0.6) is 0 Å². The van der Waals surface area contributed by atoms with Crippen LogP contribution in [0.25, 0.3) is 0 Å². The van der Waals surface area contributed by atoms with Crippen LogP contribution in [-0.2, 0) is 0 Å². The van der Waals surface area contributed by atoms with E-state index >= 15 is 0 Å². The van der Waals surface area contributed by atoms with Crippen LogP contribution in [0.15, 0.2) is 24.3 Å². The van der Waals surface area contributed by atoms with Gasteiger partial charge in [-0.1, -0.05) is 35.4 Å². The standard InChI is InChI=1S/C18H22I.BF4/c1-11-7-13(3)17(14(4)8-11)19-18-15(5)9-12(2)10-16(18)6;2-1(3,4)5/h7-10H,1-6H3;/q+1;-1. The van der Waals surface area contributed by atoms with Gasteiger partial charge in [-0.2, -0.15) is 0 Å². The lowest BCUT2D eigenvalue weighted by molar-refractivity contribution is -0.600. The molecule has 0 nitrogen and oxygen atoms in total. The molecular weight excluding hydrogens is 430 g/mol. The second kappa shape index (κ2) is 8.36. The van der Waals surface area contributed by atoms with Crippen LogP contribution >= 0.6 is 0 Å². The van der Waals surface area contributed by atoms with E-state index in [-0.39, 0.29) is 21.2 Å². The molecule has 0 aliphatic heterocycles. The molecule has 0 bridgehead atoms. The van der Waals surface area contributed by atoms with E-state index < -0.39 is 7.25 Å². The number of benzene rings is 2. The van der Waals surface area contributed by atoms with E-state index in [4.69, 9.17) is 0 Å². The van der Waals surface area contributed by atoms with Gasteiger partial charge in [-0.15, -0.1) is 0 Å². The first kappa shape index (κ1) is 21.0. The summed E-state index contributed by atoms with van der Waals surface area (Å²) >= 11 is -0.0837. The van der Waals surface area contributed by atoms with Crippen LogP contribution in [-0.4, -0.2) is 7.25 Å². The van der Waals surface area contributed by atoms with Crippen LogP contribution < -0.4 is 21.2 Å². The molecule has 0 saturated heterocycles. The van der Waals surface area contributed by atoms with Crippen molar-refractivity contribution in [3.8, 4) is 0 Å². The smallest absolute Gasteiger partial charge is 0.418 e. The fourth-order valence-corrected chi connectivity index (χ4v) is 5.58. The van der Waals surface area contributed by atoms with Gasteiger partial charge in [0.05, 0.1) is 0 Å². The Kier molecular flexibility index (Phi) is 7.32. The average molecular weight is 452 g/mol. The van der Waals surface area contributed by atoms with Gasteiger partial charge < -0.3 is 17.3 Å². The highest BCUT2D eigenvalue weighted by Crippen LogP contribution is 2.10. The zero-order chi connectivity index (χ0) is 18.7. The minimum absolute atomic E-state index is 0.0837. The maximum Gasteiger partial charge on any atom is 0.673 e. The highest BCUT2D eigenvalue weighted by atomic mass is 127. The summed E-state index contributed by atoms with van der Waals surface area (Å²) in [6.45, 7) is 13.4. The summed E-state index contributed by atoms with van der Waals surface area (Å²) in [6.07, 6.45) is 0. The Morgan fingerprint density at radius 3 is 1.00 bits per heavy atom. The fourth-order valence-electron chi connectivity index (χ4n) is 2.72. The van der Waals surface area contributed by atoms with Crippen molar-refractivity contribution in [2.45, 2.75) is 41.5 Å². The largest absolute Gasteiger partial charge is 0.673 e. The van der Waals surface area contributed by atoms with E-state index in [1.165, 1.54) is 33.4 Å². The third kappa shape index (κ3) is 6.83. The summed E-state index contributed by atoms with van der Waals surface area (Å²) in [7, 11) is -6.00. The lowest BCUT2D eigenvalue weighted by atomic mass is 10.1. The predicted molar refractivity (Wildman–Crippen MR) is 88.9 cm³/mol. The Balaban J connectivity index is 0.000000505.